The van der Waals surface area contributed by atoms with Crippen LogP contribution >= 0.6 is 0 Å². The van der Waals surface area contributed by atoms with E-state index in [2.05, 4.69) is 30.4 Å². The van der Waals surface area contributed by atoms with Gasteiger partial charge in [0.05, 0.1) is 11.6 Å². The van der Waals surface area contributed by atoms with Crippen LogP contribution in [0.4, 0.5) is 4.39 Å². The Labute approximate surface area is 174 Å². The SMILES string of the molecule is N#CC(F)=CC=C[C@H]1CC[C@H](/C=C/[C@H]2CC[C@H](c3ccc(C#N)cc3)CC2)CC1. The van der Waals surface area contributed by atoms with Gasteiger partial charge in [0, 0.05) is 0 Å². The lowest BCUT2D eigenvalue weighted by atomic mass is 9.77. The highest BCUT2D eigenvalue weighted by Gasteiger charge is 2.22. The van der Waals surface area contributed by atoms with Crippen molar-refractivity contribution in [3.05, 3.63) is 71.6 Å². The van der Waals surface area contributed by atoms with Gasteiger partial charge < -0.3 is 0 Å². The molecule has 0 N–H and O–H groups in total. The molecule has 2 fully saturated rings. The first-order valence-electron chi connectivity index (χ1n) is 10.8. The second-order valence-electron chi connectivity index (χ2n) is 8.42. The molecule has 2 aliphatic carbocycles. The molecule has 3 heteroatoms. The van der Waals surface area contributed by atoms with Gasteiger partial charge in [0.2, 0.25) is 0 Å². The van der Waals surface area contributed by atoms with Gasteiger partial charge in [0.25, 0.3) is 0 Å². The summed E-state index contributed by atoms with van der Waals surface area (Å²) in [6.45, 7) is 0. The molecular weight excluding hydrogens is 359 g/mol. The molecule has 1 aromatic carbocycles. The topological polar surface area (TPSA) is 47.6 Å². The van der Waals surface area contributed by atoms with Gasteiger partial charge in [-0.1, -0.05) is 36.4 Å². The summed E-state index contributed by atoms with van der Waals surface area (Å²) in [5.74, 6) is 1.77. The van der Waals surface area contributed by atoms with Crippen LogP contribution in [-0.4, -0.2) is 0 Å². The number of hydrogen-bond acceptors (Lipinski definition) is 2. The number of rotatable bonds is 5. The minimum atomic E-state index is -0.730. The minimum absolute atomic E-state index is 0.505. The largest absolute Gasteiger partial charge is 0.199 e. The van der Waals surface area contributed by atoms with Gasteiger partial charge in [-0.15, -0.1) is 0 Å². The van der Waals surface area contributed by atoms with Crippen LogP contribution in [0.5, 0.6) is 0 Å². The lowest BCUT2D eigenvalue weighted by Gasteiger charge is -2.28. The van der Waals surface area contributed by atoms with Crippen molar-refractivity contribution < 1.29 is 4.39 Å². The van der Waals surface area contributed by atoms with Gasteiger partial charge in [-0.05, 0) is 98.8 Å². The van der Waals surface area contributed by atoms with Crippen LogP contribution in [-0.2, 0) is 0 Å². The fourth-order valence-corrected chi connectivity index (χ4v) is 4.65. The van der Waals surface area contributed by atoms with E-state index in [0.717, 1.165) is 18.4 Å². The van der Waals surface area contributed by atoms with Crippen molar-refractivity contribution in [3.63, 3.8) is 0 Å². The third-order valence-corrected chi connectivity index (χ3v) is 6.49. The zero-order valence-corrected chi connectivity index (χ0v) is 16.9. The summed E-state index contributed by atoms with van der Waals surface area (Å²) >= 11 is 0. The summed E-state index contributed by atoms with van der Waals surface area (Å²) in [6.07, 6.45) is 19.5. The molecule has 0 saturated heterocycles. The van der Waals surface area contributed by atoms with Crippen LogP contribution in [0.3, 0.4) is 0 Å². The van der Waals surface area contributed by atoms with Crippen molar-refractivity contribution in [1.29, 1.82) is 10.5 Å². The van der Waals surface area contributed by atoms with Crippen molar-refractivity contribution >= 4 is 0 Å². The maximum absolute atomic E-state index is 12.8. The van der Waals surface area contributed by atoms with Gasteiger partial charge in [-0.25, -0.2) is 0 Å². The van der Waals surface area contributed by atoms with Crippen LogP contribution in [0.25, 0.3) is 0 Å². The van der Waals surface area contributed by atoms with Crippen LogP contribution < -0.4 is 0 Å². The average Bonchev–Trinajstić information content (AvgIpc) is 2.79. The summed E-state index contributed by atoms with van der Waals surface area (Å²) in [5.41, 5.74) is 2.11. The molecule has 1 aromatic rings. The summed E-state index contributed by atoms with van der Waals surface area (Å²) in [7, 11) is 0. The third-order valence-electron chi connectivity index (χ3n) is 6.49. The normalized spacial score (nSPS) is 28.3. The molecule has 0 atom stereocenters. The minimum Gasteiger partial charge on any atom is -0.195 e. The maximum atomic E-state index is 12.8. The lowest BCUT2D eigenvalue weighted by Crippen LogP contribution is -2.14. The summed E-state index contributed by atoms with van der Waals surface area (Å²) < 4.78 is 12.8. The predicted molar refractivity (Wildman–Crippen MR) is 114 cm³/mol. The standard InChI is InChI=1S/C26H29FN2/c27-26(19-29)3-1-2-20-4-6-21(7-5-20)8-9-22-10-14-24(15-11-22)25-16-12-23(18-28)13-17-25/h1-3,8-9,12-13,16-17,20-22,24H,4-7,10-11,14-15H2/b2-1?,9-8+,26-3?/t20-,21-,22-,24-. The Morgan fingerprint density at radius 3 is 1.83 bits per heavy atom. The van der Waals surface area contributed by atoms with E-state index in [1.165, 1.54) is 56.2 Å². The van der Waals surface area contributed by atoms with Crippen LogP contribution in [0.15, 0.2) is 60.5 Å². The maximum Gasteiger partial charge on any atom is 0.199 e. The molecule has 2 saturated carbocycles. The van der Waals surface area contributed by atoms with Gasteiger partial charge in [0.15, 0.2) is 5.83 Å². The molecule has 0 aliphatic heterocycles. The molecule has 0 unspecified atom stereocenters. The van der Waals surface area contributed by atoms with E-state index in [9.17, 15) is 4.39 Å². The second kappa shape index (κ2) is 10.8. The van der Waals surface area contributed by atoms with E-state index >= 15 is 0 Å². The first kappa shape index (κ1) is 21.1. The molecule has 150 valence electrons. The van der Waals surface area contributed by atoms with Crippen LogP contribution in [0.1, 0.15) is 68.4 Å². The molecule has 0 heterocycles. The van der Waals surface area contributed by atoms with Crippen molar-refractivity contribution in [2.45, 2.75) is 57.3 Å². The molecule has 0 spiro atoms. The molecule has 0 bridgehead atoms. The van der Waals surface area contributed by atoms with E-state index < -0.39 is 5.83 Å². The summed E-state index contributed by atoms with van der Waals surface area (Å²) in [5, 5.41) is 17.4. The van der Waals surface area contributed by atoms with Gasteiger partial charge in [0.1, 0.15) is 6.07 Å². The predicted octanol–water partition coefficient (Wildman–Crippen LogP) is 7.13. The fraction of sp³-hybridized carbons (Fsp3) is 0.462. The zero-order valence-electron chi connectivity index (χ0n) is 16.9. The zero-order chi connectivity index (χ0) is 20.5. The summed E-state index contributed by atoms with van der Waals surface area (Å²) in [6, 6.07) is 11.8. The number of allylic oxidation sites excluding steroid dienone is 6. The number of benzene rings is 1. The van der Waals surface area contributed by atoms with Gasteiger partial charge >= 0.3 is 0 Å². The molecule has 2 nitrogen and oxygen atoms in total. The molecule has 0 amide bonds. The third kappa shape index (κ3) is 6.43. The second-order valence-corrected chi connectivity index (χ2v) is 8.42. The summed E-state index contributed by atoms with van der Waals surface area (Å²) in [4.78, 5) is 0. The smallest absolute Gasteiger partial charge is 0.195 e. The Balaban J connectivity index is 1.40. The first-order valence-corrected chi connectivity index (χ1v) is 10.8. The fourth-order valence-electron chi connectivity index (χ4n) is 4.65. The lowest BCUT2D eigenvalue weighted by molar-refractivity contribution is 0.348. The Bertz CT molecular complexity index is 819. The van der Waals surface area contributed by atoms with E-state index in [4.69, 9.17) is 10.5 Å². The number of halogens is 1. The molecule has 0 radical (unpaired) electrons. The molecule has 0 aromatic heterocycles. The molecular formula is C26H29FN2. The molecule has 3 rings (SSSR count). The van der Waals surface area contributed by atoms with Gasteiger partial charge in [-0.3, -0.25) is 0 Å². The van der Waals surface area contributed by atoms with E-state index in [-0.39, 0.29) is 0 Å². The van der Waals surface area contributed by atoms with Crippen molar-refractivity contribution in [2.75, 3.05) is 0 Å². The average molecular weight is 389 g/mol. The highest BCUT2D eigenvalue weighted by Crippen LogP contribution is 2.37. The van der Waals surface area contributed by atoms with E-state index in [1.54, 1.807) is 6.08 Å². The van der Waals surface area contributed by atoms with Crippen molar-refractivity contribution in [3.8, 4) is 12.1 Å². The Morgan fingerprint density at radius 1 is 0.793 bits per heavy atom. The molecule has 29 heavy (non-hydrogen) atoms. The highest BCUT2D eigenvalue weighted by atomic mass is 19.1. The van der Waals surface area contributed by atoms with Crippen LogP contribution in [0.2, 0.25) is 0 Å². The first-order chi connectivity index (χ1) is 14.2. The molecule has 2 aliphatic rings. The number of nitriles is 2. The quantitative estimate of drug-likeness (QED) is 0.306. The number of hydrogen-bond donors (Lipinski definition) is 0. The Hall–Kier alpha value is -2.65. The van der Waals surface area contributed by atoms with Gasteiger partial charge in [-0.2, -0.15) is 14.9 Å². The Kier molecular flexibility index (Phi) is 7.83. The number of nitrogens with zero attached hydrogens (tertiary/aromatic N) is 2. The van der Waals surface area contributed by atoms with E-state index in [1.807, 2.05) is 18.2 Å². The van der Waals surface area contributed by atoms with Crippen molar-refractivity contribution in [1.82, 2.24) is 0 Å². The highest BCUT2D eigenvalue weighted by molar-refractivity contribution is 5.33. The Morgan fingerprint density at radius 2 is 1.31 bits per heavy atom. The monoisotopic (exact) mass is 388 g/mol. The van der Waals surface area contributed by atoms with Crippen molar-refractivity contribution in [2.24, 2.45) is 17.8 Å². The van der Waals surface area contributed by atoms with Crippen LogP contribution in [0, 0.1) is 40.4 Å². The van der Waals surface area contributed by atoms with E-state index in [0.29, 0.717) is 23.7 Å².